The average Bonchev–Trinajstić information content (AvgIpc) is 2.41. The molecule has 3 N–H and O–H groups in total. The molecule has 4 bridgehead atoms. The molecule has 1 aromatic heterocycles. The van der Waals surface area contributed by atoms with Gasteiger partial charge in [0.1, 0.15) is 0 Å². The number of aromatic nitrogens is 1. The van der Waals surface area contributed by atoms with Crippen molar-refractivity contribution in [3.63, 3.8) is 0 Å². The maximum Gasteiger partial charge on any atom is 0.0752 e. The van der Waals surface area contributed by atoms with Crippen LogP contribution in [0.5, 0.6) is 0 Å². The SMILES string of the molecule is CC(Nc1c(N)cncc1Br)C12CC3CC(CC(C3)C1)C2. The quantitative estimate of drug-likeness (QED) is 0.847. The molecule has 4 heteroatoms. The van der Waals surface area contributed by atoms with E-state index in [1.165, 1.54) is 38.5 Å². The lowest BCUT2D eigenvalue weighted by Crippen LogP contribution is -2.53. The number of hydrogen-bond donors (Lipinski definition) is 2. The molecular weight excluding hydrogens is 326 g/mol. The summed E-state index contributed by atoms with van der Waals surface area (Å²) in [7, 11) is 0. The van der Waals surface area contributed by atoms with Crippen LogP contribution in [0.1, 0.15) is 45.4 Å². The second-order valence-electron chi connectivity index (χ2n) is 7.73. The molecule has 0 spiro atoms. The molecule has 4 fully saturated rings. The molecule has 1 aromatic rings. The van der Waals surface area contributed by atoms with E-state index < -0.39 is 0 Å². The zero-order valence-electron chi connectivity index (χ0n) is 12.6. The number of nitrogen functional groups attached to an aromatic ring is 1. The summed E-state index contributed by atoms with van der Waals surface area (Å²) in [4.78, 5) is 4.13. The average molecular weight is 350 g/mol. The van der Waals surface area contributed by atoms with Crippen LogP contribution >= 0.6 is 15.9 Å². The van der Waals surface area contributed by atoms with Gasteiger partial charge in [-0.2, -0.15) is 0 Å². The van der Waals surface area contributed by atoms with Crippen molar-refractivity contribution in [3.05, 3.63) is 16.9 Å². The molecule has 3 nitrogen and oxygen atoms in total. The number of pyridine rings is 1. The first-order valence-electron chi connectivity index (χ1n) is 8.21. The van der Waals surface area contributed by atoms with E-state index in [0.29, 0.717) is 11.5 Å². The Morgan fingerprint density at radius 2 is 1.76 bits per heavy atom. The van der Waals surface area contributed by atoms with Crippen molar-refractivity contribution in [1.29, 1.82) is 0 Å². The molecule has 5 rings (SSSR count). The van der Waals surface area contributed by atoms with E-state index in [0.717, 1.165) is 33.6 Å². The van der Waals surface area contributed by atoms with Gasteiger partial charge >= 0.3 is 0 Å². The summed E-state index contributed by atoms with van der Waals surface area (Å²) in [6.07, 6.45) is 12.3. The summed E-state index contributed by atoms with van der Waals surface area (Å²) >= 11 is 3.58. The molecular formula is C17H24BrN3. The molecule has 0 radical (unpaired) electrons. The second-order valence-corrected chi connectivity index (χ2v) is 8.59. The predicted molar refractivity (Wildman–Crippen MR) is 90.0 cm³/mol. The predicted octanol–water partition coefficient (Wildman–Crippen LogP) is 4.44. The van der Waals surface area contributed by atoms with Crippen LogP contribution < -0.4 is 11.1 Å². The van der Waals surface area contributed by atoms with E-state index in [1.54, 1.807) is 6.20 Å². The molecule has 114 valence electrons. The summed E-state index contributed by atoms with van der Waals surface area (Å²) in [5, 5.41) is 3.72. The summed E-state index contributed by atoms with van der Waals surface area (Å²) in [6.45, 7) is 2.36. The highest BCUT2D eigenvalue weighted by Crippen LogP contribution is 2.61. The Morgan fingerprint density at radius 3 is 2.29 bits per heavy atom. The molecule has 1 heterocycles. The van der Waals surface area contributed by atoms with E-state index in [9.17, 15) is 0 Å². The number of nitrogens with two attached hydrogens (primary N) is 1. The van der Waals surface area contributed by atoms with E-state index in [-0.39, 0.29) is 0 Å². The molecule has 0 saturated heterocycles. The van der Waals surface area contributed by atoms with Crippen molar-refractivity contribution >= 4 is 27.3 Å². The lowest BCUT2D eigenvalue weighted by atomic mass is 9.48. The third-order valence-electron chi connectivity index (χ3n) is 6.29. The second kappa shape index (κ2) is 4.87. The number of halogens is 1. The highest BCUT2D eigenvalue weighted by atomic mass is 79.9. The van der Waals surface area contributed by atoms with Gasteiger partial charge in [0, 0.05) is 12.2 Å². The number of rotatable bonds is 3. The largest absolute Gasteiger partial charge is 0.396 e. The maximum absolute atomic E-state index is 6.11. The van der Waals surface area contributed by atoms with Crippen molar-refractivity contribution in [2.24, 2.45) is 23.2 Å². The standard InChI is InChI=1S/C17H24BrN3/c1-10(21-16-14(18)8-20-9-15(16)19)17-5-11-2-12(6-17)4-13(3-11)7-17/h8-13H,2-7,19H2,1H3,(H,20,21). The van der Waals surface area contributed by atoms with Crippen LogP contribution in [0, 0.1) is 23.2 Å². The number of hydrogen-bond acceptors (Lipinski definition) is 3. The highest BCUT2D eigenvalue weighted by molar-refractivity contribution is 9.10. The number of nitrogens with one attached hydrogen (secondary N) is 1. The first-order valence-corrected chi connectivity index (χ1v) is 9.00. The van der Waals surface area contributed by atoms with E-state index in [1.807, 2.05) is 6.20 Å². The minimum atomic E-state index is 0.479. The molecule has 21 heavy (non-hydrogen) atoms. The summed E-state index contributed by atoms with van der Waals surface area (Å²) in [5.41, 5.74) is 8.35. The normalized spacial score (nSPS) is 38.5. The van der Waals surface area contributed by atoms with Gasteiger partial charge in [-0.15, -0.1) is 0 Å². The zero-order chi connectivity index (χ0) is 14.6. The van der Waals surface area contributed by atoms with E-state index in [2.05, 4.69) is 33.2 Å². The van der Waals surface area contributed by atoms with Gasteiger partial charge in [-0.1, -0.05) is 0 Å². The van der Waals surface area contributed by atoms with Gasteiger partial charge in [0.05, 0.1) is 22.0 Å². The highest BCUT2D eigenvalue weighted by Gasteiger charge is 2.53. The van der Waals surface area contributed by atoms with Crippen LogP contribution in [0.4, 0.5) is 11.4 Å². The van der Waals surface area contributed by atoms with Gasteiger partial charge in [-0.05, 0) is 84.5 Å². The summed E-state index contributed by atoms with van der Waals surface area (Å²) in [6, 6.07) is 0.479. The van der Waals surface area contributed by atoms with Gasteiger partial charge < -0.3 is 11.1 Å². The smallest absolute Gasteiger partial charge is 0.0752 e. The van der Waals surface area contributed by atoms with Crippen molar-refractivity contribution in [2.45, 2.75) is 51.5 Å². The fourth-order valence-electron chi connectivity index (χ4n) is 5.68. The van der Waals surface area contributed by atoms with Crippen LogP contribution in [0.3, 0.4) is 0 Å². The minimum Gasteiger partial charge on any atom is -0.396 e. The molecule has 0 amide bonds. The lowest BCUT2D eigenvalue weighted by Gasteiger charge is -2.59. The van der Waals surface area contributed by atoms with E-state index >= 15 is 0 Å². The minimum absolute atomic E-state index is 0.479. The Kier molecular flexibility index (Phi) is 3.21. The van der Waals surface area contributed by atoms with Crippen LogP contribution in [0.2, 0.25) is 0 Å². The van der Waals surface area contributed by atoms with Gasteiger partial charge in [0.2, 0.25) is 0 Å². The first-order chi connectivity index (χ1) is 10.1. The molecule has 0 aliphatic heterocycles. The van der Waals surface area contributed by atoms with Gasteiger partial charge in [-0.25, -0.2) is 0 Å². The Labute approximate surface area is 135 Å². The van der Waals surface area contributed by atoms with E-state index in [4.69, 9.17) is 5.73 Å². The van der Waals surface area contributed by atoms with Crippen molar-refractivity contribution < 1.29 is 0 Å². The maximum atomic E-state index is 6.11. The topological polar surface area (TPSA) is 50.9 Å². The Hall–Kier alpha value is -0.770. The number of anilines is 2. The van der Waals surface area contributed by atoms with Crippen LogP contribution in [0.15, 0.2) is 16.9 Å². The lowest BCUT2D eigenvalue weighted by molar-refractivity contribution is -0.0602. The van der Waals surface area contributed by atoms with Crippen molar-refractivity contribution in [2.75, 3.05) is 11.1 Å². The summed E-state index contributed by atoms with van der Waals surface area (Å²) in [5.74, 6) is 2.95. The molecule has 1 atom stereocenters. The zero-order valence-corrected chi connectivity index (χ0v) is 14.2. The van der Waals surface area contributed by atoms with Crippen molar-refractivity contribution in [3.8, 4) is 0 Å². The monoisotopic (exact) mass is 349 g/mol. The fraction of sp³-hybridized carbons (Fsp3) is 0.706. The fourth-order valence-corrected chi connectivity index (χ4v) is 6.14. The molecule has 1 unspecified atom stereocenters. The number of nitrogens with zero attached hydrogens (tertiary/aromatic N) is 1. The first kappa shape index (κ1) is 13.9. The molecule has 4 aliphatic rings. The van der Waals surface area contributed by atoms with Crippen LogP contribution in [-0.4, -0.2) is 11.0 Å². The third kappa shape index (κ3) is 2.26. The van der Waals surface area contributed by atoms with Gasteiger partial charge in [-0.3, -0.25) is 4.98 Å². The Balaban J connectivity index is 1.59. The van der Waals surface area contributed by atoms with Crippen LogP contribution in [0.25, 0.3) is 0 Å². The Bertz CT molecular complexity index is 501. The third-order valence-corrected chi connectivity index (χ3v) is 6.90. The van der Waals surface area contributed by atoms with Crippen molar-refractivity contribution in [1.82, 2.24) is 4.98 Å². The van der Waals surface area contributed by atoms with Gasteiger partial charge in [0.15, 0.2) is 0 Å². The van der Waals surface area contributed by atoms with Crippen LogP contribution in [-0.2, 0) is 0 Å². The Morgan fingerprint density at radius 1 is 1.19 bits per heavy atom. The molecule has 0 aromatic carbocycles. The molecule has 4 aliphatic carbocycles. The summed E-state index contributed by atoms with van der Waals surface area (Å²) < 4.78 is 0.971. The van der Waals surface area contributed by atoms with Gasteiger partial charge in [0.25, 0.3) is 0 Å². The molecule has 4 saturated carbocycles.